The summed E-state index contributed by atoms with van der Waals surface area (Å²) in [6, 6.07) is 12.2. The van der Waals surface area contributed by atoms with Gasteiger partial charge in [-0.3, -0.25) is 9.59 Å². The van der Waals surface area contributed by atoms with Crippen LogP contribution in [0.5, 0.6) is 0 Å². The minimum Gasteiger partial charge on any atom is -0.465 e. The maximum absolute atomic E-state index is 13.0. The number of carboxylic acid groups (broad SMARTS) is 1. The van der Waals surface area contributed by atoms with Crippen LogP contribution in [0.2, 0.25) is 5.02 Å². The van der Waals surface area contributed by atoms with Crippen molar-refractivity contribution in [3.63, 3.8) is 0 Å². The highest BCUT2D eigenvalue weighted by molar-refractivity contribution is 6.31. The second-order valence-electron chi connectivity index (χ2n) is 11.3. The zero-order chi connectivity index (χ0) is 30.3. The van der Waals surface area contributed by atoms with Crippen molar-refractivity contribution in [3.05, 3.63) is 69.9 Å². The topological polar surface area (TPSA) is 133 Å². The number of benzene rings is 2. The predicted molar refractivity (Wildman–Crippen MR) is 161 cm³/mol. The Labute approximate surface area is 250 Å². The molecule has 1 unspecified atom stereocenters. The molecule has 0 aliphatic heterocycles. The molecular weight excluding hydrogens is 560 g/mol. The molecule has 3 amide bonds. The zero-order valence-corrected chi connectivity index (χ0v) is 25.1. The summed E-state index contributed by atoms with van der Waals surface area (Å²) in [7, 11) is 0. The number of fused-ring (bicyclic) bond motifs is 3. The molecule has 0 saturated heterocycles. The van der Waals surface area contributed by atoms with E-state index in [4.69, 9.17) is 21.1 Å². The van der Waals surface area contributed by atoms with Crippen LogP contribution in [0, 0.1) is 0 Å². The Morgan fingerprint density at radius 3 is 2.33 bits per heavy atom. The molecule has 1 aliphatic carbocycles. The molecule has 0 fully saturated rings. The van der Waals surface area contributed by atoms with E-state index in [2.05, 4.69) is 15.6 Å². The first-order valence-electron chi connectivity index (χ1n) is 14.2. The van der Waals surface area contributed by atoms with Crippen molar-refractivity contribution in [2.24, 2.45) is 0 Å². The van der Waals surface area contributed by atoms with Gasteiger partial charge in [-0.1, -0.05) is 11.6 Å². The van der Waals surface area contributed by atoms with Gasteiger partial charge in [-0.2, -0.15) is 0 Å². The van der Waals surface area contributed by atoms with Crippen molar-refractivity contribution in [1.29, 1.82) is 0 Å². The fraction of sp³-hybridized carbons (Fsp3) is 0.452. The number of ether oxygens (including phenoxy) is 2. The molecule has 1 heterocycles. The summed E-state index contributed by atoms with van der Waals surface area (Å²) in [5.74, 6) is -0.451. The number of hydrogen-bond acceptors (Lipinski definition) is 5. The van der Waals surface area contributed by atoms with Crippen molar-refractivity contribution in [3.8, 4) is 0 Å². The van der Waals surface area contributed by atoms with E-state index in [0.29, 0.717) is 42.5 Å². The molecule has 2 aromatic carbocycles. The third-order valence-corrected chi connectivity index (χ3v) is 7.52. The van der Waals surface area contributed by atoms with Gasteiger partial charge in [0.25, 0.3) is 11.8 Å². The Hall–Kier alpha value is -3.60. The molecule has 0 bridgehead atoms. The summed E-state index contributed by atoms with van der Waals surface area (Å²) in [4.78, 5) is 41.6. The lowest BCUT2D eigenvalue weighted by Gasteiger charge is -2.32. The molecule has 226 valence electrons. The average Bonchev–Trinajstić information content (AvgIpc) is 3.32. The lowest BCUT2D eigenvalue weighted by molar-refractivity contribution is 0.0280. The maximum atomic E-state index is 13.0. The molecule has 0 saturated carbocycles. The lowest BCUT2D eigenvalue weighted by atomic mass is 9.91. The van der Waals surface area contributed by atoms with Crippen LogP contribution in [-0.4, -0.2) is 78.0 Å². The number of halogens is 1. The summed E-state index contributed by atoms with van der Waals surface area (Å²) < 4.78 is 10.9. The van der Waals surface area contributed by atoms with E-state index in [0.717, 1.165) is 35.9 Å². The molecule has 4 rings (SSSR count). The smallest absolute Gasteiger partial charge is 0.407 e. The Morgan fingerprint density at radius 1 is 1.00 bits per heavy atom. The van der Waals surface area contributed by atoms with Crippen molar-refractivity contribution in [2.45, 2.75) is 51.6 Å². The monoisotopic (exact) mass is 598 g/mol. The van der Waals surface area contributed by atoms with Crippen LogP contribution in [0.15, 0.2) is 42.5 Å². The van der Waals surface area contributed by atoms with E-state index in [1.807, 2.05) is 39.0 Å². The van der Waals surface area contributed by atoms with Crippen molar-refractivity contribution >= 4 is 40.4 Å². The van der Waals surface area contributed by atoms with E-state index >= 15 is 0 Å². The fourth-order valence-corrected chi connectivity index (χ4v) is 5.30. The molecule has 11 heteroatoms. The first kappa shape index (κ1) is 31.3. The molecule has 1 aromatic heterocycles. The van der Waals surface area contributed by atoms with Gasteiger partial charge in [-0.15, -0.1) is 0 Å². The van der Waals surface area contributed by atoms with Crippen LogP contribution in [0.25, 0.3) is 10.9 Å². The van der Waals surface area contributed by atoms with Gasteiger partial charge in [-0.25, -0.2) is 4.79 Å². The molecular formula is C31H39ClN4O6. The molecule has 4 N–H and O–H groups in total. The summed E-state index contributed by atoms with van der Waals surface area (Å²) in [5.41, 5.74) is 3.68. The van der Waals surface area contributed by atoms with Crippen LogP contribution in [-0.2, 0) is 15.9 Å². The first-order chi connectivity index (χ1) is 20.0. The molecule has 0 radical (unpaired) electrons. The van der Waals surface area contributed by atoms with Crippen molar-refractivity contribution < 1.29 is 29.0 Å². The van der Waals surface area contributed by atoms with Crippen LogP contribution in [0.1, 0.15) is 71.6 Å². The number of hydrogen-bond donors (Lipinski definition) is 4. The molecule has 1 atom stereocenters. The van der Waals surface area contributed by atoms with Crippen molar-refractivity contribution in [1.82, 2.24) is 20.5 Å². The van der Waals surface area contributed by atoms with Gasteiger partial charge >= 0.3 is 6.09 Å². The van der Waals surface area contributed by atoms with Gasteiger partial charge in [0.2, 0.25) is 0 Å². The van der Waals surface area contributed by atoms with E-state index in [1.165, 1.54) is 10.5 Å². The highest BCUT2D eigenvalue weighted by atomic mass is 35.5. The highest BCUT2D eigenvalue weighted by Gasteiger charge is 2.27. The summed E-state index contributed by atoms with van der Waals surface area (Å²) in [6.07, 6.45) is 1.77. The normalized spacial score (nSPS) is 14.8. The number of amides is 3. The minimum atomic E-state index is -0.980. The molecule has 3 aromatic rings. The van der Waals surface area contributed by atoms with Crippen LogP contribution < -0.4 is 10.6 Å². The largest absolute Gasteiger partial charge is 0.465 e. The summed E-state index contributed by atoms with van der Waals surface area (Å²) in [6.45, 7) is 7.33. The number of aromatic amines is 1. The van der Waals surface area contributed by atoms with Gasteiger partial charge < -0.3 is 35.1 Å². The molecule has 1 aliphatic rings. The number of carbonyl (C=O) groups excluding carboxylic acids is 2. The second kappa shape index (κ2) is 14.0. The number of H-pyrrole nitrogens is 1. The quantitative estimate of drug-likeness (QED) is 0.213. The number of nitrogens with one attached hydrogen (secondary N) is 3. The number of aryl methyl sites for hydroxylation is 1. The average molecular weight is 599 g/mol. The summed E-state index contributed by atoms with van der Waals surface area (Å²) >= 11 is 6.21. The number of nitrogens with zero attached hydrogens (tertiary/aromatic N) is 1. The van der Waals surface area contributed by atoms with Gasteiger partial charge in [0.15, 0.2) is 0 Å². The first-order valence-corrected chi connectivity index (χ1v) is 14.6. The van der Waals surface area contributed by atoms with E-state index in [9.17, 15) is 19.5 Å². The number of carbonyl (C=O) groups is 3. The van der Waals surface area contributed by atoms with Gasteiger partial charge in [0.1, 0.15) is 0 Å². The Balaban J connectivity index is 1.16. The van der Waals surface area contributed by atoms with Crippen LogP contribution >= 0.6 is 11.6 Å². The van der Waals surface area contributed by atoms with Gasteiger partial charge in [0, 0.05) is 51.4 Å². The standard InChI is InChI=1S/C31H39ClN4O6/c1-31(2,3)36(30(39)40)14-16-42-18-17-41-15-13-33-28(37)20-7-9-21(10-8-20)29(38)35-26-6-4-5-23-24-19-22(32)11-12-25(24)34-27(23)26/h7-12,19,26,34H,4-6,13-18H2,1-3H3,(H,33,37)(H,35,38)(H,39,40). The third kappa shape index (κ3) is 8.02. The van der Waals surface area contributed by atoms with E-state index < -0.39 is 11.6 Å². The lowest BCUT2D eigenvalue weighted by Crippen LogP contribution is -2.46. The molecule has 0 spiro atoms. The number of aromatic nitrogens is 1. The summed E-state index contributed by atoms with van der Waals surface area (Å²) in [5, 5.41) is 17.0. The van der Waals surface area contributed by atoms with Gasteiger partial charge in [0.05, 0.1) is 32.5 Å². The SMILES string of the molecule is CC(C)(C)N(CCOCCOCCNC(=O)c1ccc(C(=O)NC2CCCc3c2[nH]c2ccc(Cl)cc32)cc1)C(=O)O. The third-order valence-electron chi connectivity index (χ3n) is 7.29. The minimum absolute atomic E-state index is 0.122. The highest BCUT2D eigenvalue weighted by Crippen LogP contribution is 2.36. The van der Waals surface area contributed by atoms with E-state index in [-0.39, 0.29) is 31.0 Å². The Kier molecular flexibility index (Phi) is 10.5. The van der Waals surface area contributed by atoms with Crippen LogP contribution in [0.3, 0.4) is 0 Å². The predicted octanol–water partition coefficient (Wildman–Crippen LogP) is 5.17. The second-order valence-corrected chi connectivity index (χ2v) is 11.7. The maximum Gasteiger partial charge on any atom is 0.407 e. The molecule has 10 nitrogen and oxygen atoms in total. The zero-order valence-electron chi connectivity index (χ0n) is 24.3. The Morgan fingerprint density at radius 2 is 1.67 bits per heavy atom. The molecule has 42 heavy (non-hydrogen) atoms. The van der Waals surface area contributed by atoms with Crippen LogP contribution in [0.4, 0.5) is 4.79 Å². The van der Waals surface area contributed by atoms with Gasteiger partial charge in [-0.05, 0) is 88.1 Å². The fourth-order valence-electron chi connectivity index (χ4n) is 5.13. The van der Waals surface area contributed by atoms with E-state index in [1.54, 1.807) is 24.3 Å². The Bertz CT molecular complexity index is 1400. The van der Waals surface area contributed by atoms with Crippen molar-refractivity contribution in [2.75, 3.05) is 39.5 Å². The number of rotatable bonds is 12.